The van der Waals surface area contributed by atoms with Crippen molar-refractivity contribution in [2.24, 2.45) is 4.99 Å². The average molecular weight is 332 g/mol. The van der Waals surface area contributed by atoms with Crippen LogP contribution in [0, 0.1) is 5.82 Å². The minimum absolute atomic E-state index is 0.206. The molecule has 0 radical (unpaired) electrons. The minimum atomic E-state index is -0.206. The molecule has 1 aliphatic rings. The van der Waals surface area contributed by atoms with Crippen molar-refractivity contribution in [1.29, 1.82) is 0 Å². The number of hydrogen-bond acceptors (Lipinski definition) is 2. The average Bonchev–Trinajstić information content (AvgIpc) is 3.22. The molecule has 0 amide bonds. The third kappa shape index (κ3) is 4.26. The van der Waals surface area contributed by atoms with E-state index in [1.54, 1.807) is 12.1 Å². The van der Waals surface area contributed by atoms with Crippen LogP contribution in [0.15, 0.2) is 29.4 Å². The molecule has 0 spiro atoms. The number of fused-ring (bicyclic) bond motifs is 1. The van der Waals surface area contributed by atoms with E-state index in [0.29, 0.717) is 6.54 Å². The van der Waals surface area contributed by atoms with Gasteiger partial charge < -0.3 is 20.4 Å². The number of nitrogens with one attached hydrogen (secondary N) is 3. The lowest BCUT2D eigenvalue weighted by Crippen LogP contribution is -2.38. The Bertz CT molecular complexity index is 691. The fourth-order valence-electron chi connectivity index (χ4n) is 3.00. The van der Waals surface area contributed by atoms with Gasteiger partial charge in [0, 0.05) is 36.8 Å². The molecule has 1 aromatic carbocycles. The van der Waals surface area contributed by atoms with E-state index in [1.165, 1.54) is 6.07 Å². The number of hydrogen-bond donors (Lipinski definition) is 3. The van der Waals surface area contributed by atoms with Gasteiger partial charge in [0.1, 0.15) is 5.82 Å². The first kappa shape index (κ1) is 16.8. The summed E-state index contributed by atoms with van der Waals surface area (Å²) < 4.78 is 19.0. The first-order valence-electron chi connectivity index (χ1n) is 8.65. The molecule has 2 heterocycles. The van der Waals surface area contributed by atoms with Crippen LogP contribution < -0.4 is 10.6 Å². The second kappa shape index (κ2) is 8.15. The van der Waals surface area contributed by atoms with Crippen LogP contribution in [0.5, 0.6) is 0 Å². The molecule has 1 saturated heterocycles. The van der Waals surface area contributed by atoms with Crippen molar-refractivity contribution in [1.82, 2.24) is 15.6 Å². The molecule has 24 heavy (non-hydrogen) atoms. The van der Waals surface area contributed by atoms with Crippen molar-refractivity contribution in [3.05, 3.63) is 35.8 Å². The summed E-state index contributed by atoms with van der Waals surface area (Å²) in [6, 6.07) is 4.83. The van der Waals surface area contributed by atoms with Gasteiger partial charge in [-0.05, 0) is 49.9 Å². The van der Waals surface area contributed by atoms with E-state index in [2.05, 4.69) is 20.6 Å². The number of benzene rings is 1. The summed E-state index contributed by atoms with van der Waals surface area (Å²) in [7, 11) is 0. The maximum atomic E-state index is 13.4. The van der Waals surface area contributed by atoms with Crippen molar-refractivity contribution in [3.8, 4) is 0 Å². The number of ether oxygens (including phenoxy) is 1. The Kier molecular flexibility index (Phi) is 5.69. The highest BCUT2D eigenvalue weighted by atomic mass is 19.1. The van der Waals surface area contributed by atoms with Gasteiger partial charge in [0.2, 0.25) is 0 Å². The monoisotopic (exact) mass is 332 g/mol. The first-order valence-corrected chi connectivity index (χ1v) is 8.65. The molecule has 130 valence electrons. The summed E-state index contributed by atoms with van der Waals surface area (Å²) in [6.07, 6.45) is 5.21. The quantitative estimate of drug-likeness (QED) is 0.563. The smallest absolute Gasteiger partial charge is 0.191 e. The van der Waals surface area contributed by atoms with Crippen molar-refractivity contribution in [2.45, 2.75) is 32.3 Å². The van der Waals surface area contributed by atoms with Crippen LogP contribution in [0.25, 0.3) is 10.9 Å². The van der Waals surface area contributed by atoms with Gasteiger partial charge in [0.05, 0.1) is 12.6 Å². The van der Waals surface area contributed by atoms with Gasteiger partial charge >= 0.3 is 0 Å². The third-order valence-electron chi connectivity index (χ3n) is 4.24. The normalized spacial score (nSPS) is 18.2. The lowest BCUT2D eigenvalue weighted by molar-refractivity contribution is 0.117. The minimum Gasteiger partial charge on any atom is -0.376 e. The van der Waals surface area contributed by atoms with Gasteiger partial charge in [-0.25, -0.2) is 4.39 Å². The zero-order chi connectivity index (χ0) is 16.8. The van der Waals surface area contributed by atoms with Crippen LogP contribution >= 0.6 is 0 Å². The predicted molar refractivity (Wildman–Crippen MR) is 94.9 cm³/mol. The van der Waals surface area contributed by atoms with Gasteiger partial charge in [0.25, 0.3) is 0 Å². The lowest BCUT2D eigenvalue weighted by Gasteiger charge is -2.12. The highest BCUT2D eigenvalue weighted by molar-refractivity contribution is 5.83. The number of aromatic nitrogens is 1. The van der Waals surface area contributed by atoms with Crippen molar-refractivity contribution in [3.63, 3.8) is 0 Å². The molecule has 0 aliphatic carbocycles. The third-order valence-corrected chi connectivity index (χ3v) is 4.24. The van der Waals surface area contributed by atoms with E-state index >= 15 is 0 Å². The van der Waals surface area contributed by atoms with Gasteiger partial charge in [0.15, 0.2) is 5.96 Å². The molecule has 3 rings (SSSR count). The van der Waals surface area contributed by atoms with Gasteiger partial charge in [-0.15, -0.1) is 0 Å². The van der Waals surface area contributed by atoms with Crippen molar-refractivity contribution < 1.29 is 9.13 Å². The fraction of sp³-hybridized carbons (Fsp3) is 0.500. The summed E-state index contributed by atoms with van der Waals surface area (Å²) in [5.41, 5.74) is 2.07. The highest BCUT2D eigenvalue weighted by Gasteiger charge is 2.14. The number of H-pyrrole nitrogens is 1. The van der Waals surface area contributed by atoms with E-state index in [0.717, 1.165) is 61.4 Å². The topological polar surface area (TPSA) is 61.4 Å². The maximum absolute atomic E-state index is 13.4. The molecule has 1 aliphatic heterocycles. The molecule has 6 heteroatoms. The Hall–Kier alpha value is -2.08. The molecule has 5 nitrogen and oxygen atoms in total. The van der Waals surface area contributed by atoms with E-state index in [4.69, 9.17) is 4.74 Å². The lowest BCUT2D eigenvalue weighted by atomic mass is 10.1. The number of nitrogens with zero attached hydrogens (tertiary/aromatic N) is 1. The fourth-order valence-corrected chi connectivity index (χ4v) is 3.00. The first-order chi connectivity index (χ1) is 11.8. The Morgan fingerprint density at radius 1 is 1.42 bits per heavy atom. The van der Waals surface area contributed by atoms with Crippen LogP contribution in [0.1, 0.15) is 25.3 Å². The number of rotatable bonds is 6. The van der Waals surface area contributed by atoms with E-state index in [9.17, 15) is 4.39 Å². The van der Waals surface area contributed by atoms with Crippen molar-refractivity contribution in [2.75, 3.05) is 26.2 Å². The summed E-state index contributed by atoms with van der Waals surface area (Å²) in [5.74, 6) is 0.599. The summed E-state index contributed by atoms with van der Waals surface area (Å²) in [4.78, 5) is 7.78. The van der Waals surface area contributed by atoms with E-state index in [1.807, 2.05) is 13.1 Å². The Labute approximate surface area is 141 Å². The standard InChI is InChI=1S/C18H25FN4O/c1-2-20-18(23-12-15-4-3-9-24-15)21-8-7-13-11-22-17-6-5-14(19)10-16(13)17/h5-6,10-11,15,22H,2-4,7-9,12H2,1H3,(H2,20,21,23). The van der Waals surface area contributed by atoms with Crippen LogP contribution in [0.4, 0.5) is 4.39 Å². The Balaban J connectivity index is 1.55. The molecule has 0 bridgehead atoms. The number of halogens is 1. The molecule has 0 saturated carbocycles. The van der Waals surface area contributed by atoms with E-state index < -0.39 is 0 Å². The molecular weight excluding hydrogens is 307 g/mol. The zero-order valence-electron chi connectivity index (χ0n) is 14.1. The van der Waals surface area contributed by atoms with E-state index in [-0.39, 0.29) is 11.9 Å². The second-order valence-corrected chi connectivity index (χ2v) is 6.04. The summed E-state index contributed by atoms with van der Waals surface area (Å²) in [5, 5.41) is 7.53. The number of guanidine groups is 1. The number of aromatic amines is 1. The van der Waals surface area contributed by atoms with Gasteiger partial charge in [-0.3, -0.25) is 4.99 Å². The van der Waals surface area contributed by atoms with Crippen molar-refractivity contribution >= 4 is 16.9 Å². The van der Waals surface area contributed by atoms with Crippen LogP contribution in [-0.4, -0.2) is 43.3 Å². The largest absolute Gasteiger partial charge is 0.376 e. The Morgan fingerprint density at radius 2 is 2.33 bits per heavy atom. The molecule has 1 unspecified atom stereocenters. The molecule has 3 N–H and O–H groups in total. The van der Waals surface area contributed by atoms with Gasteiger partial charge in [-0.1, -0.05) is 0 Å². The Morgan fingerprint density at radius 3 is 3.12 bits per heavy atom. The SMILES string of the molecule is CCNC(=NCC1CCCO1)NCCc1c[nH]c2ccc(F)cc12. The molecule has 1 atom stereocenters. The molecule has 1 aromatic heterocycles. The molecule has 1 fully saturated rings. The van der Waals surface area contributed by atoms with Crippen LogP contribution in [-0.2, 0) is 11.2 Å². The van der Waals surface area contributed by atoms with Crippen LogP contribution in [0.3, 0.4) is 0 Å². The molecule has 2 aromatic rings. The summed E-state index contributed by atoms with van der Waals surface area (Å²) in [6.45, 7) is 5.14. The summed E-state index contributed by atoms with van der Waals surface area (Å²) >= 11 is 0. The van der Waals surface area contributed by atoms with Gasteiger partial charge in [-0.2, -0.15) is 0 Å². The maximum Gasteiger partial charge on any atom is 0.191 e. The second-order valence-electron chi connectivity index (χ2n) is 6.04. The predicted octanol–water partition coefficient (Wildman–Crippen LogP) is 2.58. The zero-order valence-corrected chi connectivity index (χ0v) is 14.1. The molecular formula is C18H25FN4O. The number of aliphatic imine (C=N–C) groups is 1. The van der Waals surface area contributed by atoms with Crippen LogP contribution in [0.2, 0.25) is 0 Å². The highest BCUT2D eigenvalue weighted by Crippen LogP contribution is 2.19.